The molecule has 0 atom stereocenters. The molecule has 2 N–H and O–H groups in total. The Bertz CT molecular complexity index is 714. The van der Waals surface area contributed by atoms with E-state index >= 15 is 0 Å². The first-order chi connectivity index (χ1) is 8.90. The second-order valence-electron chi connectivity index (χ2n) is 4.22. The van der Waals surface area contributed by atoms with E-state index in [2.05, 4.69) is 20.9 Å². The lowest BCUT2D eigenvalue weighted by molar-refractivity contribution is 0.594. The Morgan fingerprint density at radius 3 is 2.68 bits per heavy atom. The smallest absolute Gasteiger partial charge is 0.185 e. The van der Waals surface area contributed by atoms with E-state index in [9.17, 15) is 8.42 Å². The van der Waals surface area contributed by atoms with Crippen LogP contribution < -0.4 is 5.73 Å². The fourth-order valence-electron chi connectivity index (χ4n) is 1.70. The van der Waals surface area contributed by atoms with Gasteiger partial charge in [-0.25, -0.2) is 8.42 Å². The maximum atomic E-state index is 12.4. The number of benzene rings is 1. The summed E-state index contributed by atoms with van der Waals surface area (Å²) in [6, 6.07) is 8.29. The lowest BCUT2D eigenvalue weighted by Gasteiger charge is -2.08. The summed E-state index contributed by atoms with van der Waals surface area (Å²) in [6.07, 6.45) is 1.59. The molecule has 0 saturated carbocycles. The van der Waals surface area contributed by atoms with Crippen LogP contribution in [0.3, 0.4) is 0 Å². The minimum absolute atomic E-state index is 0.123. The second-order valence-corrected chi connectivity index (χ2v) is 7.03. The Labute approximate surface area is 120 Å². The largest absolute Gasteiger partial charge is 0.399 e. The first kappa shape index (κ1) is 14.0. The van der Waals surface area contributed by atoms with Crippen molar-refractivity contribution in [3.63, 3.8) is 0 Å². The number of nitrogens with two attached hydrogens (primary N) is 1. The van der Waals surface area contributed by atoms with Gasteiger partial charge in [-0.15, -0.1) is 0 Å². The molecule has 0 aliphatic carbocycles. The van der Waals surface area contributed by atoms with Crippen molar-refractivity contribution in [3.05, 3.63) is 52.3 Å². The van der Waals surface area contributed by atoms with Crippen molar-refractivity contribution in [1.29, 1.82) is 0 Å². The highest BCUT2D eigenvalue weighted by molar-refractivity contribution is 9.10. The van der Waals surface area contributed by atoms with Crippen molar-refractivity contribution in [1.82, 2.24) is 4.98 Å². The molecule has 2 aromatic rings. The number of aryl methyl sites for hydroxylation is 1. The molecule has 1 aromatic heterocycles. The highest BCUT2D eigenvalue weighted by atomic mass is 79.9. The molecule has 0 aliphatic heterocycles. The van der Waals surface area contributed by atoms with Gasteiger partial charge in [-0.3, -0.25) is 4.98 Å². The van der Waals surface area contributed by atoms with Crippen molar-refractivity contribution in [2.24, 2.45) is 0 Å². The maximum Gasteiger partial charge on any atom is 0.185 e. The van der Waals surface area contributed by atoms with Gasteiger partial charge in [-0.1, -0.05) is 6.07 Å². The van der Waals surface area contributed by atoms with Gasteiger partial charge < -0.3 is 5.73 Å². The van der Waals surface area contributed by atoms with Gasteiger partial charge in [-0.2, -0.15) is 0 Å². The first-order valence-corrected chi connectivity index (χ1v) is 8.03. The van der Waals surface area contributed by atoms with Gasteiger partial charge in [0.1, 0.15) is 0 Å². The minimum atomic E-state index is -3.45. The van der Waals surface area contributed by atoms with Gasteiger partial charge in [-0.05, 0) is 52.7 Å². The fraction of sp³-hybridized carbons (Fsp3) is 0.154. The van der Waals surface area contributed by atoms with Gasteiger partial charge in [0.2, 0.25) is 0 Å². The number of halogens is 1. The molecule has 4 nitrogen and oxygen atoms in total. The molecule has 1 aromatic carbocycles. The van der Waals surface area contributed by atoms with E-state index in [0.29, 0.717) is 15.9 Å². The van der Waals surface area contributed by atoms with E-state index in [0.717, 1.165) is 5.56 Å². The Hall–Kier alpha value is -1.40. The van der Waals surface area contributed by atoms with Crippen LogP contribution in [0.5, 0.6) is 0 Å². The number of anilines is 1. The minimum Gasteiger partial charge on any atom is -0.399 e. The van der Waals surface area contributed by atoms with Crippen molar-refractivity contribution in [2.45, 2.75) is 17.6 Å². The maximum absolute atomic E-state index is 12.4. The predicted octanol–water partition coefficient (Wildman–Crippen LogP) is 2.71. The van der Waals surface area contributed by atoms with E-state index in [1.165, 1.54) is 6.07 Å². The molecule has 1 heterocycles. The third-order valence-electron chi connectivity index (χ3n) is 2.74. The highest BCUT2D eigenvalue weighted by Crippen LogP contribution is 2.27. The Morgan fingerprint density at radius 2 is 2.05 bits per heavy atom. The van der Waals surface area contributed by atoms with E-state index in [1.807, 2.05) is 13.0 Å². The standard InChI is InChI=1S/C13H13BrN2O2S/c1-9-3-2-6-16-12(9)8-19(17,18)13-5-4-10(15)7-11(13)14/h2-7H,8,15H2,1H3. The van der Waals surface area contributed by atoms with Crippen LogP contribution in [-0.2, 0) is 15.6 Å². The van der Waals surface area contributed by atoms with Gasteiger partial charge in [0.25, 0.3) is 0 Å². The number of rotatable bonds is 3. The summed E-state index contributed by atoms with van der Waals surface area (Å²) >= 11 is 3.24. The SMILES string of the molecule is Cc1cccnc1CS(=O)(=O)c1ccc(N)cc1Br. The Kier molecular flexibility index (Phi) is 3.91. The first-order valence-electron chi connectivity index (χ1n) is 5.58. The van der Waals surface area contributed by atoms with Crippen LogP contribution in [0.4, 0.5) is 5.69 Å². The molecular formula is C13H13BrN2O2S. The number of aromatic nitrogens is 1. The molecule has 0 radical (unpaired) electrons. The molecule has 0 unspecified atom stereocenters. The van der Waals surface area contributed by atoms with Crippen LogP contribution in [0.25, 0.3) is 0 Å². The fourth-order valence-corrected chi connectivity index (χ4v) is 4.28. The molecule has 19 heavy (non-hydrogen) atoms. The van der Waals surface area contributed by atoms with Crippen molar-refractivity contribution in [3.8, 4) is 0 Å². The summed E-state index contributed by atoms with van der Waals surface area (Å²) in [7, 11) is -3.45. The summed E-state index contributed by atoms with van der Waals surface area (Å²) in [4.78, 5) is 4.35. The number of hydrogen-bond donors (Lipinski definition) is 1. The van der Waals surface area contributed by atoms with Crippen LogP contribution in [0, 0.1) is 6.92 Å². The second kappa shape index (κ2) is 5.30. The summed E-state index contributed by atoms with van der Waals surface area (Å²) in [5.41, 5.74) is 7.54. The van der Waals surface area contributed by atoms with E-state index in [4.69, 9.17) is 5.73 Å². The number of hydrogen-bond acceptors (Lipinski definition) is 4. The summed E-state index contributed by atoms with van der Waals surface area (Å²) < 4.78 is 25.2. The van der Waals surface area contributed by atoms with Crippen LogP contribution in [0.1, 0.15) is 11.3 Å². The molecule has 0 aliphatic rings. The molecular weight excluding hydrogens is 328 g/mol. The lowest BCUT2D eigenvalue weighted by Crippen LogP contribution is -2.08. The molecule has 6 heteroatoms. The molecule has 100 valence electrons. The lowest BCUT2D eigenvalue weighted by atomic mass is 10.2. The zero-order valence-electron chi connectivity index (χ0n) is 10.3. The molecule has 0 saturated heterocycles. The summed E-state index contributed by atoms with van der Waals surface area (Å²) in [6.45, 7) is 1.84. The number of nitrogen functional groups attached to an aromatic ring is 1. The third-order valence-corrected chi connectivity index (χ3v) is 5.33. The van der Waals surface area contributed by atoms with Gasteiger partial charge in [0, 0.05) is 16.4 Å². The topological polar surface area (TPSA) is 73.0 Å². The van der Waals surface area contributed by atoms with E-state index in [-0.39, 0.29) is 10.6 Å². The highest BCUT2D eigenvalue weighted by Gasteiger charge is 2.20. The number of pyridine rings is 1. The normalized spacial score (nSPS) is 11.5. The zero-order valence-corrected chi connectivity index (χ0v) is 12.7. The third kappa shape index (κ3) is 3.13. The summed E-state index contributed by atoms with van der Waals surface area (Å²) in [5.74, 6) is -0.123. The Morgan fingerprint density at radius 1 is 1.32 bits per heavy atom. The average molecular weight is 341 g/mol. The van der Waals surface area contributed by atoms with E-state index in [1.54, 1.807) is 24.4 Å². The van der Waals surface area contributed by atoms with Crippen molar-refractivity contribution in [2.75, 3.05) is 5.73 Å². The number of sulfone groups is 1. The summed E-state index contributed by atoms with van der Waals surface area (Å²) in [5, 5.41) is 0. The molecule has 0 fully saturated rings. The molecule has 0 bridgehead atoms. The van der Waals surface area contributed by atoms with Gasteiger partial charge in [0.15, 0.2) is 9.84 Å². The molecule has 0 amide bonds. The monoisotopic (exact) mass is 340 g/mol. The van der Waals surface area contributed by atoms with E-state index < -0.39 is 9.84 Å². The average Bonchev–Trinajstić information content (AvgIpc) is 2.31. The molecule has 0 spiro atoms. The van der Waals surface area contributed by atoms with Crippen LogP contribution in [0.15, 0.2) is 45.9 Å². The number of nitrogens with zero attached hydrogens (tertiary/aromatic N) is 1. The Balaban J connectivity index is 2.41. The van der Waals surface area contributed by atoms with Crippen LogP contribution in [0.2, 0.25) is 0 Å². The van der Waals surface area contributed by atoms with Gasteiger partial charge in [0.05, 0.1) is 16.3 Å². The quantitative estimate of drug-likeness (QED) is 0.872. The van der Waals surface area contributed by atoms with Crippen LogP contribution >= 0.6 is 15.9 Å². The predicted molar refractivity (Wildman–Crippen MR) is 78.4 cm³/mol. The van der Waals surface area contributed by atoms with Crippen molar-refractivity contribution < 1.29 is 8.42 Å². The zero-order chi connectivity index (χ0) is 14.0. The van der Waals surface area contributed by atoms with Crippen LogP contribution in [-0.4, -0.2) is 13.4 Å². The van der Waals surface area contributed by atoms with Crippen molar-refractivity contribution >= 4 is 31.5 Å². The van der Waals surface area contributed by atoms with Gasteiger partial charge >= 0.3 is 0 Å². The molecule has 2 rings (SSSR count).